The van der Waals surface area contributed by atoms with Crippen LogP contribution in [0.15, 0.2) is 36.4 Å². The molecule has 7 heteroatoms. The number of anilines is 1. The Hall–Kier alpha value is -2.38. The molecule has 3 rings (SSSR count). The monoisotopic (exact) mass is 361 g/mol. The van der Waals surface area contributed by atoms with Crippen LogP contribution in [-0.4, -0.2) is 34.3 Å². The van der Waals surface area contributed by atoms with Crippen LogP contribution in [0.5, 0.6) is 5.75 Å². The summed E-state index contributed by atoms with van der Waals surface area (Å²) < 4.78 is 5.82. The molecule has 2 aromatic rings. The minimum atomic E-state index is -1.05. The number of carboxylic acids is 1. The maximum Gasteiger partial charge on any atom is 0.345 e. The molecule has 1 amide bonds. The van der Waals surface area contributed by atoms with Crippen molar-refractivity contribution in [3.05, 3.63) is 46.2 Å². The minimum Gasteiger partial charge on any atom is -0.488 e. The Morgan fingerprint density at radius 1 is 1.04 bits per heavy atom. The zero-order chi connectivity index (χ0) is 17.8. The van der Waals surface area contributed by atoms with Crippen LogP contribution < -0.4 is 10.1 Å². The number of hydrogen-bond donors (Lipinski definition) is 3. The standard InChI is InChI=1S/C18H19NO5S/c20-13-3-1-2-4-14(13)24-12-7-5-11(6-8-12)19-17(21)15-9-10-16(25-15)18(22)23/h5-10,13-14,20H,1-4H2,(H,19,21)(H,22,23). The summed E-state index contributed by atoms with van der Waals surface area (Å²) in [4.78, 5) is 23.5. The van der Waals surface area contributed by atoms with Gasteiger partial charge in [-0.05, 0) is 55.7 Å². The zero-order valence-electron chi connectivity index (χ0n) is 13.5. The fourth-order valence-electron chi connectivity index (χ4n) is 2.77. The Morgan fingerprint density at radius 3 is 2.36 bits per heavy atom. The maximum absolute atomic E-state index is 12.1. The van der Waals surface area contributed by atoms with E-state index in [2.05, 4.69) is 5.32 Å². The van der Waals surface area contributed by atoms with Crippen LogP contribution in [0.2, 0.25) is 0 Å². The van der Waals surface area contributed by atoms with E-state index in [1.165, 1.54) is 12.1 Å². The van der Waals surface area contributed by atoms with E-state index in [-0.39, 0.29) is 16.9 Å². The van der Waals surface area contributed by atoms with Crippen molar-refractivity contribution in [2.45, 2.75) is 37.9 Å². The van der Waals surface area contributed by atoms with E-state index in [9.17, 15) is 14.7 Å². The smallest absolute Gasteiger partial charge is 0.345 e. The Morgan fingerprint density at radius 2 is 1.72 bits per heavy atom. The van der Waals surface area contributed by atoms with E-state index in [4.69, 9.17) is 9.84 Å². The number of rotatable bonds is 5. The summed E-state index contributed by atoms with van der Waals surface area (Å²) in [5.41, 5.74) is 0.590. The van der Waals surface area contributed by atoms with Gasteiger partial charge in [-0.2, -0.15) is 0 Å². The predicted molar refractivity (Wildman–Crippen MR) is 94.6 cm³/mol. The number of amides is 1. The molecule has 6 nitrogen and oxygen atoms in total. The molecule has 0 radical (unpaired) electrons. The molecule has 0 saturated heterocycles. The lowest BCUT2D eigenvalue weighted by Gasteiger charge is -2.28. The highest BCUT2D eigenvalue weighted by Crippen LogP contribution is 2.25. The van der Waals surface area contributed by atoms with Crippen LogP contribution in [0.4, 0.5) is 5.69 Å². The fourth-order valence-corrected chi connectivity index (χ4v) is 3.51. The van der Waals surface area contributed by atoms with Gasteiger partial charge in [-0.1, -0.05) is 6.42 Å². The van der Waals surface area contributed by atoms with Crippen LogP contribution in [0.1, 0.15) is 45.0 Å². The zero-order valence-corrected chi connectivity index (χ0v) is 14.3. The van der Waals surface area contributed by atoms with Crippen LogP contribution in [0, 0.1) is 0 Å². The van der Waals surface area contributed by atoms with E-state index in [0.29, 0.717) is 16.3 Å². The van der Waals surface area contributed by atoms with Gasteiger partial charge >= 0.3 is 5.97 Å². The molecule has 1 fully saturated rings. The van der Waals surface area contributed by atoms with Crippen molar-refractivity contribution in [3.63, 3.8) is 0 Å². The van der Waals surface area contributed by atoms with Gasteiger partial charge in [-0.15, -0.1) is 11.3 Å². The second-order valence-electron chi connectivity index (χ2n) is 5.96. The van der Waals surface area contributed by atoms with E-state index < -0.39 is 12.1 Å². The molecule has 0 bridgehead atoms. The molecule has 0 aliphatic heterocycles. The molecule has 3 N–H and O–H groups in total. The van der Waals surface area contributed by atoms with E-state index in [1.54, 1.807) is 24.3 Å². The van der Waals surface area contributed by atoms with Crippen LogP contribution >= 0.6 is 11.3 Å². The Bertz CT molecular complexity index is 755. The molecule has 1 aromatic heterocycles. The normalized spacial score (nSPS) is 20.0. The van der Waals surface area contributed by atoms with Gasteiger partial charge in [0.25, 0.3) is 5.91 Å². The SMILES string of the molecule is O=C(O)c1ccc(C(=O)Nc2ccc(OC3CCCCC3O)cc2)s1. The third kappa shape index (κ3) is 4.37. The first kappa shape index (κ1) is 17.4. The number of aliphatic hydroxyl groups is 1. The second kappa shape index (κ2) is 7.67. The molecular weight excluding hydrogens is 342 g/mol. The third-order valence-electron chi connectivity index (χ3n) is 4.11. The van der Waals surface area contributed by atoms with Crippen molar-refractivity contribution in [2.75, 3.05) is 5.32 Å². The molecule has 132 valence electrons. The number of ether oxygens (including phenoxy) is 1. The van der Waals surface area contributed by atoms with Crippen LogP contribution in [-0.2, 0) is 0 Å². The van der Waals surface area contributed by atoms with Gasteiger partial charge < -0.3 is 20.3 Å². The summed E-state index contributed by atoms with van der Waals surface area (Å²) in [6.07, 6.45) is 3.06. The quantitative estimate of drug-likeness (QED) is 0.759. The molecule has 1 saturated carbocycles. The van der Waals surface area contributed by atoms with Crippen LogP contribution in [0.25, 0.3) is 0 Å². The Kier molecular flexibility index (Phi) is 5.35. The molecule has 0 spiro atoms. The number of aliphatic hydroxyl groups excluding tert-OH is 1. The predicted octanol–water partition coefficient (Wildman–Crippen LogP) is 3.38. The van der Waals surface area contributed by atoms with E-state index in [0.717, 1.165) is 37.0 Å². The van der Waals surface area contributed by atoms with Crippen molar-refractivity contribution >= 4 is 28.9 Å². The largest absolute Gasteiger partial charge is 0.488 e. The number of hydrogen-bond acceptors (Lipinski definition) is 5. The van der Waals surface area contributed by atoms with Crippen molar-refractivity contribution in [1.29, 1.82) is 0 Å². The number of carbonyl (C=O) groups is 2. The molecule has 1 aromatic carbocycles. The van der Waals surface area contributed by atoms with Crippen LogP contribution in [0.3, 0.4) is 0 Å². The first-order valence-electron chi connectivity index (χ1n) is 8.12. The summed E-state index contributed by atoms with van der Waals surface area (Å²) in [5.74, 6) is -0.752. The highest BCUT2D eigenvalue weighted by Gasteiger charge is 2.24. The van der Waals surface area contributed by atoms with Gasteiger partial charge in [0.1, 0.15) is 16.7 Å². The average Bonchev–Trinajstić information content (AvgIpc) is 3.09. The number of benzene rings is 1. The van der Waals surface area contributed by atoms with Gasteiger partial charge in [0.2, 0.25) is 0 Å². The maximum atomic E-state index is 12.1. The van der Waals surface area contributed by atoms with Crippen molar-refractivity contribution in [3.8, 4) is 5.75 Å². The first-order chi connectivity index (χ1) is 12.0. The first-order valence-corrected chi connectivity index (χ1v) is 8.94. The van der Waals surface area contributed by atoms with E-state index in [1.807, 2.05) is 0 Å². The number of carboxylic acid groups (broad SMARTS) is 1. The van der Waals surface area contributed by atoms with E-state index >= 15 is 0 Å². The highest BCUT2D eigenvalue weighted by atomic mass is 32.1. The Labute approximate surface area is 149 Å². The van der Waals surface area contributed by atoms with Gasteiger partial charge in [0, 0.05) is 5.69 Å². The third-order valence-corrected chi connectivity index (χ3v) is 5.18. The molecule has 1 aliphatic carbocycles. The van der Waals surface area contributed by atoms with Gasteiger partial charge in [-0.3, -0.25) is 4.79 Å². The second-order valence-corrected chi connectivity index (χ2v) is 7.04. The summed E-state index contributed by atoms with van der Waals surface area (Å²) in [5, 5.41) is 21.6. The number of thiophene rings is 1. The summed E-state index contributed by atoms with van der Waals surface area (Å²) in [7, 11) is 0. The van der Waals surface area contributed by atoms with Crippen molar-refractivity contribution in [2.24, 2.45) is 0 Å². The highest BCUT2D eigenvalue weighted by molar-refractivity contribution is 7.15. The average molecular weight is 361 g/mol. The number of aromatic carboxylic acids is 1. The van der Waals surface area contributed by atoms with Crippen molar-refractivity contribution in [1.82, 2.24) is 0 Å². The molecule has 1 aliphatic rings. The summed E-state index contributed by atoms with van der Waals surface area (Å²) in [6, 6.07) is 9.82. The Balaban J connectivity index is 1.60. The molecule has 2 atom stereocenters. The summed E-state index contributed by atoms with van der Waals surface area (Å²) in [6.45, 7) is 0. The number of nitrogens with one attached hydrogen (secondary N) is 1. The molecule has 25 heavy (non-hydrogen) atoms. The lowest BCUT2D eigenvalue weighted by Crippen LogP contribution is -2.34. The fraction of sp³-hybridized carbons (Fsp3) is 0.333. The van der Waals surface area contributed by atoms with Gasteiger partial charge in [-0.25, -0.2) is 4.79 Å². The molecule has 1 heterocycles. The minimum absolute atomic E-state index is 0.125. The lowest BCUT2D eigenvalue weighted by atomic mass is 9.95. The lowest BCUT2D eigenvalue weighted by molar-refractivity contribution is 0.00688. The number of carbonyl (C=O) groups excluding carboxylic acids is 1. The summed E-state index contributed by atoms with van der Waals surface area (Å²) >= 11 is 0.931. The van der Waals surface area contributed by atoms with Gasteiger partial charge in [0.15, 0.2) is 0 Å². The molecular formula is C18H19NO5S. The topological polar surface area (TPSA) is 95.9 Å². The molecule has 2 unspecified atom stereocenters. The van der Waals surface area contributed by atoms with Gasteiger partial charge in [0.05, 0.1) is 11.0 Å². The van der Waals surface area contributed by atoms with Crippen molar-refractivity contribution < 1.29 is 24.5 Å².